The van der Waals surface area contributed by atoms with Gasteiger partial charge in [0.1, 0.15) is 0 Å². The average molecular weight is 115 g/mol. The Morgan fingerprint density at radius 1 is 1.75 bits per heavy atom. The van der Waals surface area contributed by atoms with Crippen LogP contribution in [0.4, 0.5) is 0 Å². The van der Waals surface area contributed by atoms with Gasteiger partial charge in [0.05, 0.1) is 13.3 Å². The standard InChI is InChI=1S/C6H13NO/c1-2-3-6-4-8-5-7-6/h6-7H,2-5H2,1H3/t6-/m0/s1. The van der Waals surface area contributed by atoms with Crippen molar-refractivity contribution >= 4 is 0 Å². The highest BCUT2D eigenvalue weighted by molar-refractivity contribution is 4.67. The number of nitrogens with one attached hydrogen (secondary N) is 1. The molecule has 1 N–H and O–H groups in total. The molecule has 48 valence electrons. The van der Waals surface area contributed by atoms with Crippen molar-refractivity contribution in [2.75, 3.05) is 13.3 Å². The summed E-state index contributed by atoms with van der Waals surface area (Å²) >= 11 is 0. The topological polar surface area (TPSA) is 21.3 Å². The van der Waals surface area contributed by atoms with Crippen LogP contribution in [0.1, 0.15) is 19.8 Å². The minimum atomic E-state index is 0.639. The summed E-state index contributed by atoms with van der Waals surface area (Å²) in [6.45, 7) is 3.86. The third-order valence-electron chi connectivity index (χ3n) is 1.43. The second-order valence-corrected chi connectivity index (χ2v) is 2.20. The van der Waals surface area contributed by atoms with Crippen LogP contribution in [-0.4, -0.2) is 19.4 Å². The van der Waals surface area contributed by atoms with Crippen LogP contribution in [0.5, 0.6) is 0 Å². The molecule has 0 aliphatic carbocycles. The summed E-state index contributed by atoms with van der Waals surface area (Å²) in [6, 6.07) is 0.639. The molecule has 0 bridgehead atoms. The van der Waals surface area contributed by atoms with Crippen LogP contribution in [0.25, 0.3) is 0 Å². The van der Waals surface area contributed by atoms with Crippen LogP contribution in [0, 0.1) is 0 Å². The average Bonchev–Trinajstić information content (AvgIpc) is 2.19. The van der Waals surface area contributed by atoms with E-state index in [1.807, 2.05) is 0 Å². The zero-order chi connectivity index (χ0) is 5.82. The number of hydrogen-bond acceptors (Lipinski definition) is 2. The molecule has 0 aromatic heterocycles. The molecule has 1 aliphatic heterocycles. The van der Waals surface area contributed by atoms with Crippen molar-refractivity contribution in [3.63, 3.8) is 0 Å². The van der Waals surface area contributed by atoms with Crippen LogP contribution >= 0.6 is 0 Å². The molecular formula is C6H13NO. The van der Waals surface area contributed by atoms with Crippen LogP contribution < -0.4 is 5.32 Å². The summed E-state index contributed by atoms with van der Waals surface area (Å²) < 4.78 is 5.10. The van der Waals surface area contributed by atoms with Gasteiger partial charge in [-0.05, 0) is 6.42 Å². The second kappa shape index (κ2) is 3.05. The lowest BCUT2D eigenvalue weighted by Crippen LogP contribution is -2.22. The maximum atomic E-state index is 5.10. The summed E-state index contributed by atoms with van der Waals surface area (Å²) in [5.41, 5.74) is 0. The molecule has 1 fully saturated rings. The van der Waals surface area contributed by atoms with Gasteiger partial charge in [0.2, 0.25) is 0 Å². The van der Waals surface area contributed by atoms with Gasteiger partial charge in [-0.25, -0.2) is 0 Å². The summed E-state index contributed by atoms with van der Waals surface area (Å²) in [4.78, 5) is 0. The minimum Gasteiger partial charge on any atom is -0.365 e. The molecule has 1 heterocycles. The number of hydrogen-bond donors (Lipinski definition) is 1. The van der Waals surface area contributed by atoms with Gasteiger partial charge in [0.25, 0.3) is 0 Å². The van der Waals surface area contributed by atoms with Crippen molar-refractivity contribution in [1.29, 1.82) is 0 Å². The lowest BCUT2D eigenvalue weighted by molar-refractivity contribution is 0.189. The van der Waals surface area contributed by atoms with Crippen molar-refractivity contribution in [2.24, 2.45) is 0 Å². The lowest BCUT2D eigenvalue weighted by Gasteiger charge is -2.02. The molecule has 0 aromatic carbocycles. The molecular weight excluding hydrogens is 102 g/mol. The highest BCUT2D eigenvalue weighted by Crippen LogP contribution is 2.01. The Labute approximate surface area is 50.2 Å². The predicted molar refractivity (Wildman–Crippen MR) is 32.7 cm³/mol. The van der Waals surface area contributed by atoms with Crippen LogP contribution in [0.15, 0.2) is 0 Å². The van der Waals surface area contributed by atoms with E-state index in [0.29, 0.717) is 6.04 Å². The Kier molecular flexibility index (Phi) is 2.30. The van der Waals surface area contributed by atoms with E-state index in [9.17, 15) is 0 Å². The third-order valence-corrected chi connectivity index (χ3v) is 1.43. The van der Waals surface area contributed by atoms with Gasteiger partial charge < -0.3 is 4.74 Å². The Balaban J connectivity index is 2.06. The van der Waals surface area contributed by atoms with Crippen molar-refractivity contribution in [2.45, 2.75) is 25.8 Å². The van der Waals surface area contributed by atoms with E-state index in [0.717, 1.165) is 13.3 Å². The first kappa shape index (κ1) is 6.05. The summed E-state index contributed by atoms with van der Waals surface area (Å²) in [5, 5.41) is 3.24. The lowest BCUT2D eigenvalue weighted by atomic mass is 10.2. The zero-order valence-corrected chi connectivity index (χ0v) is 5.31. The van der Waals surface area contributed by atoms with Crippen LogP contribution in [0.3, 0.4) is 0 Å². The zero-order valence-electron chi connectivity index (χ0n) is 5.31. The smallest absolute Gasteiger partial charge is 0.0968 e. The Bertz CT molecular complexity index is 59.5. The Hall–Kier alpha value is -0.0800. The molecule has 0 amide bonds. The van der Waals surface area contributed by atoms with E-state index in [4.69, 9.17) is 4.74 Å². The van der Waals surface area contributed by atoms with E-state index in [1.54, 1.807) is 0 Å². The molecule has 0 unspecified atom stereocenters. The van der Waals surface area contributed by atoms with E-state index >= 15 is 0 Å². The Morgan fingerprint density at radius 3 is 3.12 bits per heavy atom. The maximum absolute atomic E-state index is 5.10. The fraction of sp³-hybridized carbons (Fsp3) is 1.00. The highest BCUT2D eigenvalue weighted by atomic mass is 16.5. The van der Waals surface area contributed by atoms with Gasteiger partial charge in [0.15, 0.2) is 0 Å². The van der Waals surface area contributed by atoms with Gasteiger partial charge >= 0.3 is 0 Å². The van der Waals surface area contributed by atoms with Crippen LogP contribution in [-0.2, 0) is 4.74 Å². The van der Waals surface area contributed by atoms with Crippen molar-refractivity contribution in [1.82, 2.24) is 5.32 Å². The first-order valence-electron chi connectivity index (χ1n) is 3.24. The summed E-state index contributed by atoms with van der Waals surface area (Å²) in [5.74, 6) is 0. The first-order chi connectivity index (χ1) is 3.93. The minimum absolute atomic E-state index is 0.639. The fourth-order valence-electron chi connectivity index (χ4n) is 0.971. The summed E-state index contributed by atoms with van der Waals surface area (Å²) in [6.07, 6.45) is 2.50. The Morgan fingerprint density at radius 2 is 2.62 bits per heavy atom. The summed E-state index contributed by atoms with van der Waals surface area (Å²) in [7, 11) is 0. The molecule has 2 nitrogen and oxygen atoms in total. The molecule has 1 rings (SSSR count). The van der Waals surface area contributed by atoms with Gasteiger partial charge in [0, 0.05) is 6.04 Å². The molecule has 1 aliphatic rings. The van der Waals surface area contributed by atoms with Gasteiger partial charge in [-0.3, -0.25) is 5.32 Å². The van der Waals surface area contributed by atoms with Crippen molar-refractivity contribution < 1.29 is 4.74 Å². The van der Waals surface area contributed by atoms with E-state index in [2.05, 4.69) is 12.2 Å². The van der Waals surface area contributed by atoms with Gasteiger partial charge in [-0.1, -0.05) is 13.3 Å². The highest BCUT2D eigenvalue weighted by Gasteiger charge is 2.11. The molecule has 8 heavy (non-hydrogen) atoms. The van der Waals surface area contributed by atoms with Crippen molar-refractivity contribution in [3.8, 4) is 0 Å². The normalized spacial score (nSPS) is 28.9. The molecule has 0 spiro atoms. The number of ether oxygens (including phenoxy) is 1. The molecule has 2 heteroatoms. The van der Waals surface area contributed by atoms with E-state index in [-0.39, 0.29) is 0 Å². The SMILES string of the molecule is CCC[C@H]1COCN1. The molecule has 0 aromatic rings. The van der Waals surface area contributed by atoms with Crippen LogP contribution in [0.2, 0.25) is 0 Å². The molecule has 1 atom stereocenters. The second-order valence-electron chi connectivity index (χ2n) is 2.20. The number of rotatable bonds is 2. The van der Waals surface area contributed by atoms with Gasteiger partial charge in [-0.2, -0.15) is 0 Å². The predicted octanol–water partition coefficient (Wildman–Crippen LogP) is 0.732. The quantitative estimate of drug-likeness (QED) is 0.573. The molecule has 0 saturated carbocycles. The molecule has 0 radical (unpaired) electrons. The van der Waals surface area contributed by atoms with E-state index in [1.165, 1.54) is 12.8 Å². The third kappa shape index (κ3) is 1.46. The fourth-order valence-corrected chi connectivity index (χ4v) is 0.971. The maximum Gasteiger partial charge on any atom is 0.0968 e. The monoisotopic (exact) mass is 115 g/mol. The largest absolute Gasteiger partial charge is 0.365 e. The molecule has 1 saturated heterocycles. The van der Waals surface area contributed by atoms with Gasteiger partial charge in [-0.15, -0.1) is 0 Å². The van der Waals surface area contributed by atoms with E-state index < -0.39 is 0 Å². The van der Waals surface area contributed by atoms with Crippen molar-refractivity contribution in [3.05, 3.63) is 0 Å². The first-order valence-corrected chi connectivity index (χ1v) is 3.24.